The lowest BCUT2D eigenvalue weighted by Crippen LogP contribution is -2.23. The summed E-state index contributed by atoms with van der Waals surface area (Å²) in [6.07, 6.45) is 6.42. The number of nitrogens with one attached hydrogen (secondary N) is 1. The smallest absolute Gasteiger partial charge is 0.162 e. The van der Waals surface area contributed by atoms with Crippen LogP contribution < -0.4 is 5.32 Å². The van der Waals surface area contributed by atoms with E-state index in [1.54, 1.807) is 0 Å². The van der Waals surface area contributed by atoms with Gasteiger partial charge in [-0.2, -0.15) is 0 Å². The number of rotatable bonds is 3. The van der Waals surface area contributed by atoms with Gasteiger partial charge >= 0.3 is 0 Å². The second kappa shape index (κ2) is 6.89. The van der Waals surface area contributed by atoms with E-state index in [0.717, 1.165) is 32.6 Å². The number of fused-ring (bicyclic) bond motifs is 1. The summed E-state index contributed by atoms with van der Waals surface area (Å²) < 4.78 is 1.04. The lowest BCUT2D eigenvalue weighted by Gasteiger charge is -2.24. The van der Waals surface area contributed by atoms with E-state index >= 15 is 0 Å². The van der Waals surface area contributed by atoms with Crippen molar-refractivity contribution in [2.45, 2.75) is 38.1 Å². The maximum Gasteiger partial charge on any atom is 0.162 e. The van der Waals surface area contributed by atoms with E-state index in [2.05, 4.69) is 51.6 Å². The largest absolute Gasteiger partial charge is 0.367 e. The van der Waals surface area contributed by atoms with Gasteiger partial charge in [0.25, 0.3) is 0 Å². The van der Waals surface area contributed by atoms with Crippen molar-refractivity contribution in [1.29, 1.82) is 0 Å². The number of aromatic nitrogens is 2. The van der Waals surface area contributed by atoms with Crippen LogP contribution in [-0.4, -0.2) is 16.0 Å². The Hall–Kier alpha value is -1.94. The van der Waals surface area contributed by atoms with E-state index in [0.29, 0.717) is 6.04 Å². The number of hydrogen-bond donors (Lipinski definition) is 1. The van der Waals surface area contributed by atoms with Crippen LogP contribution in [0.15, 0.2) is 53.0 Å². The molecule has 0 unspecified atom stereocenters. The van der Waals surface area contributed by atoms with E-state index in [9.17, 15) is 0 Å². The third-order valence-electron chi connectivity index (χ3n) is 4.63. The van der Waals surface area contributed by atoms with Gasteiger partial charge in [-0.3, -0.25) is 0 Å². The van der Waals surface area contributed by atoms with Gasteiger partial charge in [-0.15, -0.1) is 0 Å². The molecule has 4 rings (SSSR count). The minimum Gasteiger partial charge on any atom is -0.367 e. The van der Waals surface area contributed by atoms with Crippen LogP contribution in [0.25, 0.3) is 22.3 Å². The first-order valence-electron chi connectivity index (χ1n) is 8.59. The van der Waals surface area contributed by atoms with E-state index < -0.39 is 0 Å². The summed E-state index contributed by atoms with van der Waals surface area (Å²) in [5.41, 5.74) is 2.02. The zero-order valence-corrected chi connectivity index (χ0v) is 15.1. The predicted molar refractivity (Wildman–Crippen MR) is 103 cm³/mol. The molecular formula is C20H20BrN3. The van der Waals surface area contributed by atoms with Gasteiger partial charge < -0.3 is 5.32 Å². The molecule has 1 N–H and O–H groups in total. The van der Waals surface area contributed by atoms with Crippen molar-refractivity contribution in [3.05, 3.63) is 53.0 Å². The van der Waals surface area contributed by atoms with E-state index in [1.807, 2.05) is 18.2 Å². The summed E-state index contributed by atoms with van der Waals surface area (Å²) in [6.45, 7) is 0. The summed E-state index contributed by atoms with van der Waals surface area (Å²) in [5.74, 6) is 1.73. The van der Waals surface area contributed by atoms with E-state index in [1.165, 1.54) is 32.1 Å². The maximum atomic E-state index is 4.86. The Balaban J connectivity index is 1.78. The summed E-state index contributed by atoms with van der Waals surface area (Å²) in [6, 6.07) is 16.9. The van der Waals surface area contributed by atoms with Crippen LogP contribution in [0.3, 0.4) is 0 Å². The molecule has 3 nitrogen and oxygen atoms in total. The fourth-order valence-electron chi connectivity index (χ4n) is 3.38. The van der Waals surface area contributed by atoms with Crippen molar-refractivity contribution < 1.29 is 0 Å². The number of anilines is 1. The minimum atomic E-state index is 0.521. The first-order chi connectivity index (χ1) is 11.8. The first kappa shape index (κ1) is 15.6. The van der Waals surface area contributed by atoms with E-state index in [-0.39, 0.29) is 0 Å². The third kappa shape index (κ3) is 3.29. The fraction of sp³-hybridized carbons (Fsp3) is 0.300. The maximum absolute atomic E-state index is 4.86. The number of benzene rings is 2. The average Bonchev–Trinajstić information content (AvgIpc) is 2.62. The van der Waals surface area contributed by atoms with Gasteiger partial charge in [-0.1, -0.05) is 59.5 Å². The summed E-state index contributed by atoms with van der Waals surface area (Å²) in [7, 11) is 0. The topological polar surface area (TPSA) is 37.8 Å². The second-order valence-corrected chi connectivity index (χ2v) is 7.32. The molecule has 0 aliphatic heterocycles. The number of halogens is 1. The van der Waals surface area contributed by atoms with Gasteiger partial charge in [-0.25, -0.2) is 9.97 Å². The van der Waals surface area contributed by atoms with Crippen molar-refractivity contribution >= 4 is 32.7 Å². The van der Waals surface area contributed by atoms with Crippen LogP contribution >= 0.6 is 15.9 Å². The highest BCUT2D eigenvalue weighted by molar-refractivity contribution is 9.10. The number of hydrogen-bond acceptors (Lipinski definition) is 3. The van der Waals surface area contributed by atoms with Gasteiger partial charge in [0.15, 0.2) is 5.82 Å². The van der Waals surface area contributed by atoms with Gasteiger partial charge in [0.2, 0.25) is 0 Å². The Morgan fingerprint density at radius 1 is 0.917 bits per heavy atom. The molecule has 1 aliphatic carbocycles. The highest BCUT2D eigenvalue weighted by Gasteiger charge is 2.16. The van der Waals surface area contributed by atoms with Crippen molar-refractivity contribution in [2.75, 3.05) is 5.32 Å². The molecule has 0 spiro atoms. The second-order valence-electron chi connectivity index (χ2n) is 6.40. The molecule has 24 heavy (non-hydrogen) atoms. The number of nitrogens with zero attached hydrogens (tertiary/aromatic N) is 2. The van der Waals surface area contributed by atoms with Crippen molar-refractivity contribution in [1.82, 2.24) is 9.97 Å². The van der Waals surface area contributed by atoms with Crippen LogP contribution in [0.1, 0.15) is 32.1 Å². The lowest BCUT2D eigenvalue weighted by molar-refractivity contribution is 0.462. The molecule has 3 aromatic rings. The molecule has 1 aliphatic rings. The SMILES string of the molecule is Brc1cccc(-c2nc(NC3CCCCC3)c3ccccc3n2)c1. The first-order valence-corrected chi connectivity index (χ1v) is 9.38. The molecule has 0 radical (unpaired) electrons. The molecule has 1 saturated carbocycles. The van der Waals surface area contributed by atoms with Crippen molar-refractivity contribution in [2.24, 2.45) is 0 Å². The molecule has 4 heteroatoms. The molecule has 1 aromatic heterocycles. The summed E-state index contributed by atoms with van der Waals surface area (Å²) >= 11 is 3.54. The molecule has 0 bridgehead atoms. The van der Waals surface area contributed by atoms with Gasteiger partial charge in [0, 0.05) is 21.5 Å². The Bertz CT molecular complexity index is 856. The van der Waals surface area contributed by atoms with Crippen molar-refractivity contribution in [3.8, 4) is 11.4 Å². The molecule has 1 heterocycles. The van der Waals surface area contributed by atoms with Crippen LogP contribution in [0, 0.1) is 0 Å². The zero-order chi connectivity index (χ0) is 16.4. The standard InChI is InChI=1S/C20H20BrN3/c21-15-8-6-7-14(13-15)19-23-18-12-5-4-11-17(18)20(24-19)22-16-9-2-1-3-10-16/h4-8,11-13,16H,1-3,9-10H2,(H,22,23,24). The molecule has 0 saturated heterocycles. The highest BCUT2D eigenvalue weighted by atomic mass is 79.9. The van der Waals surface area contributed by atoms with Crippen LogP contribution in [0.5, 0.6) is 0 Å². The minimum absolute atomic E-state index is 0.521. The quantitative estimate of drug-likeness (QED) is 0.622. The van der Waals surface area contributed by atoms with Crippen LogP contribution in [0.4, 0.5) is 5.82 Å². The fourth-order valence-corrected chi connectivity index (χ4v) is 3.78. The van der Waals surface area contributed by atoms with Crippen LogP contribution in [-0.2, 0) is 0 Å². The Morgan fingerprint density at radius 3 is 2.58 bits per heavy atom. The Morgan fingerprint density at radius 2 is 1.75 bits per heavy atom. The summed E-state index contributed by atoms with van der Waals surface area (Å²) in [5, 5.41) is 4.78. The molecule has 122 valence electrons. The van der Waals surface area contributed by atoms with Crippen LogP contribution in [0.2, 0.25) is 0 Å². The summed E-state index contributed by atoms with van der Waals surface area (Å²) in [4.78, 5) is 9.63. The molecule has 1 fully saturated rings. The van der Waals surface area contributed by atoms with Gasteiger partial charge in [0.1, 0.15) is 5.82 Å². The molecule has 0 amide bonds. The number of para-hydroxylation sites is 1. The molecule has 2 aromatic carbocycles. The lowest BCUT2D eigenvalue weighted by atomic mass is 9.95. The molecule has 0 atom stereocenters. The van der Waals surface area contributed by atoms with Crippen molar-refractivity contribution in [3.63, 3.8) is 0 Å². The normalized spacial score (nSPS) is 15.5. The third-order valence-corrected chi connectivity index (χ3v) is 5.13. The Kier molecular flexibility index (Phi) is 4.48. The average molecular weight is 382 g/mol. The predicted octanol–water partition coefficient (Wildman–Crippen LogP) is 5.80. The Labute approximate surface area is 150 Å². The monoisotopic (exact) mass is 381 g/mol. The zero-order valence-electron chi connectivity index (χ0n) is 13.5. The van der Waals surface area contributed by atoms with Gasteiger partial charge in [0.05, 0.1) is 5.52 Å². The molecular weight excluding hydrogens is 362 g/mol. The highest BCUT2D eigenvalue weighted by Crippen LogP contribution is 2.28. The van der Waals surface area contributed by atoms with Gasteiger partial charge in [-0.05, 0) is 37.1 Å². The van der Waals surface area contributed by atoms with E-state index in [4.69, 9.17) is 9.97 Å².